The molecule has 0 aliphatic heterocycles. The van der Waals surface area contributed by atoms with Crippen molar-refractivity contribution in [3.63, 3.8) is 0 Å². The quantitative estimate of drug-likeness (QED) is 0.169. The van der Waals surface area contributed by atoms with Gasteiger partial charge in [-0.25, -0.2) is 10.3 Å². The van der Waals surface area contributed by atoms with Crippen molar-refractivity contribution in [1.82, 2.24) is 5.48 Å². The minimum absolute atomic E-state index is 0.0126. The molecule has 4 N–H and O–H groups in total. The second-order valence-corrected chi connectivity index (χ2v) is 8.02. The van der Waals surface area contributed by atoms with E-state index in [1.807, 2.05) is 13.0 Å². The maximum atomic E-state index is 12.5. The lowest BCUT2D eigenvalue weighted by Crippen LogP contribution is -2.22. The van der Waals surface area contributed by atoms with Gasteiger partial charge in [-0.05, 0) is 83.8 Å². The van der Waals surface area contributed by atoms with Crippen LogP contribution >= 0.6 is 22.6 Å². The standard InChI is InChI=1S/C22H22IN3O5/c1-14(4-2-3-5-20(28)26-30)21(18-12-16(23)8-11-19(18)27)31-22(29)25-17-9-6-15(13-24)7-10-17/h3,5-12,14,21,27,30H,2,4H2,1H3,(H,25,29)(H,26,28)/b5-3+/t14-,21-/m1/s1. The van der Waals surface area contributed by atoms with Gasteiger partial charge in [-0.1, -0.05) is 13.0 Å². The number of amides is 2. The highest BCUT2D eigenvalue weighted by atomic mass is 127. The molecular formula is C22H22IN3O5. The van der Waals surface area contributed by atoms with E-state index >= 15 is 0 Å². The number of hydrogen-bond acceptors (Lipinski definition) is 6. The van der Waals surface area contributed by atoms with Crippen LogP contribution in [0.5, 0.6) is 5.75 Å². The highest BCUT2D eigenvalue weighted by molar-refractivity contribution is 14.1. The number of ether oxygens (including phenoxy) is 1. The zero-order valence-electron chi connectivity index (χ0n) is 16.7. The van der Waals surface area contributed by atoms with Crippen molar-refractivity contribution in [3.8, 4) is 11.8 Å². The number of anilines is 1. The van der Waals surface area contributed by atoms with Crippen LogP contribution in [0, 0.1) is 20.8 Å². The summed E-state index contributed by atoms with van der Waals surface area (Å²) in [6.45, 7) is 1.87. The van der Waals surface area contributed by atoms with Crippen LogP contribution in [0.1, 0.15) is 37.0 Å². The zero-order valence-corrected chi connectivity index (χ0v) is 18.9. The van der Waals surface area contributed by atoms with Crippen LogP contribution in [-0.2, 0) is 9.53 Å². The molecule has 2 atom stereocenters. The second-order valence-electron chi connectivity index (χ2n) is 6.78. The van der Waals surface area contributed by atoms with E-state index in [0.717, 1.165) is 3.57 Å². The van der Waals surface area contributed by atoms with Gasteiger partial charge in [-0.15, -0.1) is 0 Å². The number of aromatic hydroxyl groups is 1. The number of hydroxylamine groups is 1. The summed E-state index contributed by atoms with van der Waals surface area (Å²) in [7, 11) is 0. The lowest BCUT2D eigenvalue weighted by Gasteiger charge is -2.25. The van der Waals surface area contributed by atoms with Crippen molar-refractivity contribution in [1.29, 1.82) is 5.26 Å². The topological polar surface area (TPSA) is 132 Å². The first kappa shape index (κ1) is 24.2. The van der Waals surface area contributed by atoms with Crippen molar-refractivity contribution in [2.45, 2.75) is 25.9 Å². The Hall–Kier alpha value is -3.10. The third kappa shape index (κ3) is 7.58. The number of allylic oxidation sites excluding steroid dienone is 1. The Labute approximate surface area is 193 Å². The van der Waals surface area contributed by atoms with Gasteiger partial charge in [0.2, 0.25) is 0 Å². The van der Waals surface area contributed by atoms with E-state index in [9.17, 15) is 14.7 Å². The lowest BCUT2D eigenvalue weighted by atomic mass is 9.92. The molecule has 0 radical (unpaired) electrons. The predicted molar refractivity (Wildman–Crippen MR) is 122 cm³/mol. The SMILES string of the molecule is C[C@H](CC/C=C/C(=O)NO)[C@@H](OC(=O)Nc1ccc(C#N)cc1)c1cc(I)ccc1O. The summed E-state index contributed by atoms with van der Waals surface area (Å²) in [5.41, 5.74) is 2.94. The average Bonchev–Trinajstić information content (AvgIpc) is 2.77. The zero-order chi connectivity index (χ0) is 22.8. The van der Waals surface area contributed by atoms with Gasteiger partial charge in [-0.3, -0.25) is 15.3 Å². The van der Waals surface area contributed by atoms with Gasteiger partial charge in [0.25, 0.3) is 5.91 Å². The lowest BCUT2D eigenvalue weighted by molar-refractivity contribution is -0.124. The van der Waals surface area contributed by atoms with Gasteiger partial charge < -0.3 is 9.84 Å². The smallest absolute Gasteiger partial charge is 0.412 e. The summed E-state index contributed by atoms with van der Waals surface area (Å²) in [6.07, 6.45) is 2.42. The molecule has 0 aliphatic carbocycles. The number of halogens is 1. The Kier molecular flexibility index (Phi) is 9.30. The van der Waals surface area contributed by atoms with E-state index < -0.39 is 18.1 Å². The minimum Gasteiger partial charge on any atom is -0.508 e. The maximum Gasteiger partial charge on any atom is 0.412 e. The first-order valence-electron chi connectivity index (χ1n) is 9.41. The van der Waals surface area contributed by atoms with E-state index in [-0.39, 0.29) is 11.7 Å². The maximum absolute atomic E-state index is 12.5. The van der Waals surface area contributed by atoms with Crippen molar-refractivity contribution in [2.24, 2.45) is 5.92 Å². The number of carbonyl (C=O) groups excluding carboxylic acids is 2. The summed E-state index contributed by atoms with van der Waals surface area (Å²) in [5, 5.41) is 30.4. The first-order chi connectivity index (χ1) is 14.8. The first-order valence-corrected chi connectivity index (χ1v) is 10.5. The van der Waals surface area contributed by atoms with Gasteiger partial charge in [0.05, 0.1) is 11.6 Å². The van der Waals surface area contributed by atoms with Gasteiger partial charge >= 0.3 is 6.09 Å². The second kappa shape index (κ2) is 11.9. The van der Waals surface area contributed by atoms with Gasteiger partial charge in [0.15, 0.2) is 0 Å². The highest BCUT2D eigenvalue weighted by Crippen LogP contribution is 2.36. The van der Waals surface area contributed by atoms with Gasteiger partial charge in [0.1, 0.15) is 11.9 Å². The van der Waals surface area contributed by atoms with Crippen LogP contribution in [0.15, 0.2) is 54.6 Å². The van der Waals surface area contributed by atoms with E-state index in [0.29, 0.717) is 29.7 Å². The molecule has 0 fully saturated rings. The van der Waals surface area contributed by atoms with Crippen molar-refractivity contribution < 1.29 is 24.6 Å². The summed E-state index contributed by atoms with van der Waals surface area (Å²) in [5.74, 6) is -0.811. The predicted octanol–water partition coefficient (Wildman–Crippen LogP) is 4.64. The summed E-state index contributed by atoms with van der Waals surface area (Å²) in [6, 6.07) is 13.4. The van der Waals surface area contributed by atoms with E-state index in [4.69, 9.17) is 15.2 Å². The number of nitriles is 1. The molecule has 31 heavy (non-hydrogen) atoms. The number of rotatable bonds is 8. The molecule has 0 heterocycles. The van der Waals surface area contributed by atoms with Crippen molar-refractivity contribution in [2.75, 3.05) is 5.32 Å². The Bertz CT molecular complexity index is 986. The van der Waals surface area contributed by atoms with Crippen LogP contribution in [0.4, 0.5) is 10.5 Å². The third-order valence-electron chi connectivity index (χ3n) is 4.48. The summed E-state index contributed by atoms with van der Waals surface area (Å²) >= 11 is 2.11. The molecule has 0 bridgehead atoms. The molecule has 0 unspecified atom stereocenters. The van der Waals surface area contributed by atoms with Crippen LogP contribution in [0.2, 0.25) is 0 Å². The summed E-state index contributed by atoms with van der Waals surface area (Å²) in [4.78, 5) is 23.6. The van der Waals surface area contributed by atoms with E-state index in [1.54, 1.807) is 48.5 Å². The number of phenols is 1. The Morgan fingerprint density at radius 2 is 1.97 bits per heavy atom. The molecular weight excluding hydrogens is 513 g/mol. The molecule has 2 amide bonds. The van der Waals surface area contributed by atoms with Crippen LogP contribution in [-0.4, -0.2) is 22.3 Å². The molecule has 0 spiro atoms. The Morgan fingerprint density at radius 3 is 2.61 bits per heavy atom. The summed E-state index contributed by atoms with van der Waals surface area (Å²) < 4.78 is 6.55. The number of benzene rings is 2. The monoisotopic (exact) mass is 535 g/mol. The number of nitrogens with one attached hydrogen (secondary N) is 2. The normalized spacial score (nSPS) is 12.6. The fourth-order valence-electron chi connectivity index (χ4n) is 2.87. The molecule has 0 aliphatic rings. The number of nitrogens with zero attached hydrogens (tertiary/aromatic N) is 1. The molecule has 8 nitrogen and oxygen atoms in total. The fraction of sp³-hybridized carbons (Fsp3) is 0.227. The average molecular weight is 535 g/mol. The van der Waals surface area contributed by atoms with Crippen LogP contribution in [0.3, 0.4) is 0 Å². The van der Waals surface area contributed by atoms with E-state index in [1.165, 1.54) is 11.6 Å². The van der Waals surface area contributed by atoms with Gasteiger partial charge in [0, 0.05) is 20.9 Å². The van der Waals surface area contributed by atoms with Gasteiger partial charge in [-0.2, -0.15) is 5.26 Å². The fourth-order valence-corrected chi connectivity index (χ4v) is 3.38. The van der Waals surface area contributed by atoms with E-state index in [2.05, 4.69) is 27.9 Å². The minimum atomic E-state index is -0.742. The van der Waals surface area contributed by atoms with Crippen LogP contribution in [0.25, 0.3) is 0 Å². The Balaban J connectivity index is 2.15. The third-order valence-corrected chi connectivity index (χ3v) is 5.15. The molecule has 0 saturated carbocycles. The number of phenolic OH excluding ortho intramolecular Hbond substituents is 1. The molecule has 0 aromatic heterocycles. The molecule has 9 heteroatoms. The van der Waals surface area contributed by atoms with Crippen LogP contribution < -0.4 is 10.8 Å². The van der Waals surface area contributed by atoms with Crippen molar-refractivity contribution in [3.05, 3.63) is 69.3 Å². The number of carbonyl (C=O) groups is 2. The molecule has 2 rings (SSSR count). The Morgan fingerprint density at radius 1 is 1.26 bits per heavy atom. The molecule has 2 aromatic carbocycles. The largest absolute Gasteiger partial charge is 0.508 e. The molecule has 0 saturated heterocycles. The van der Waals surface area contributed by atoms with Crippen molar-refractivity contribution >= 4 is 40.3 Å². The number of hydrogen-bond donors (Lipinski definition) is 4. The molecule has 2 aromatic rings. The molecule has 162 valence electrons. The highest BCUT2D eigenvalue weighted by Gasteiger charge is 2.26.